The van der Waals surface area contributed by atoms with E-state index in [0.29, 0.717) is 11.4 Å². The van der Waals surface area contributed by atoms with Gasteiger partial charge in [-0.05, 0) is 42.3 Å². The van der Waals surface area contributed by atoms with E-state index in [4.69, 9.17) is 4.74 Å². The molecule has 104 valence electrons. The summed E-state index contributed by atoms with van der Waals surface area (Å²) < 4.78 is 5.74. The van der Waals surface area contributed by atoms with Gasteiger partial charge in [-0.15, -0.1) is 0 Å². The van der Waals surface area contributed by atoms with Crippen LogP contribution < -0.4 is 5.32 Å². The zero-order valence-corrected chi connectivity index (χ0v) is 12.9. The topological polar surface area (TPSA) is 51.2 Å². The highest BCUT2D eigenvalue weighted by Gasteiger charge is 2.08. The maximum absolute atomic E-state index is 11.5. The monoisotopic (exact) mass is 334 g/mol. The van der Waals surface area contributed by atoms with Gasteiger partial charge in [-0.25, -0.2) is 9.78 Å². The quantitative estimate of drug-likeness (QED) is 0.860. The first-order valence-electron chi connectivity index (χ1n) is 6.24. The third-order valence-corrected chi connectivity index (χ3v) is 3.39. The number of methoxy groups -OCH3 is 1. The number of pyridine rings is 1. The first-order chi connectivity index (χ1) is 9.63. The van der Waals surface area contributed by atoms with Gasteiger partial charge in [0.05, 0.1) is 12.7 Å². The first-order valence-corrected chi connectivity index (χ1v) is 7.03. The van der Waals surface area contributed by atoms with E-state index in [-0.39, 0.29) is 5.97 Å². The maximum Gasteiger partial charge on any atom is 0.338 e. The van der Waals surface area contributed by atoms with Crippen LogP contribution in [0.2, 0.25) is 0 Å². The molecule has 0 saturated heterocycles. The number of ether oxygens (including phenoxy) is 1. The van der Waals surface area contributed by atoms with Crippen LogP contribution >= 0.6 is 15.9 Å². The van der Waals surface area contributed by atoms with Crippen LogP contribution in [-0.2, 0) is 11.2 Å². The Balaban J connectivity index is 2.28. The average molecular weight is 335 g/mol. The number of aryl methyl sites for hydroxylation is 1. The summed E-state index contributed by atoms with van der Waals surface area (Å²) >= 11 is 3.46. The van der Waals surface area contributed by atoms with Crippen LogP contribution in [0.1, 0.15) is 22.8 Å². The molecule has 20 heavy (non-hydrogen) atoms. The van der Waals surface area contributed by atoms with Gasteiger partial charge in [0.25, 0.3) is 0 Å². The molecular formula is C15H15BrN2O2. The fraction of sp³-hybridized carbons (Fsp3) is 0.200. The fourth-order valence-corrected chi connectivity index (χ4v) is 2.27. The first kappa shape index (κ1) is 14.5. The molecule has 1 aromatic carbocycles. The van der Waals surface area contributed by atoms with Crippen LogP contribution in [0.3, 0.4) is 0 Å². The highest BCUT2D eigenvalue weighted by atomic mass is 79.9. The average Bonchev–Trinajstić information content (AvgIpc) is 2.48. The van der Waals surface area contributed by atoms with E-state index in [1.54, 1.807) is 18.3 Å². The van der Waals surface area contributed by atoms with Gasteiger partial charge in [0.2, 0.25) is 0 Å². The summed E-state index contributed by atoms with van der Waals surface area (Å²) in [4.78, 5) is 15.7. The summed E-state index contributed by atoms with van der Waals surface area (Å²) in [5, 5.41) is 3.23. The van der Waals surface area contributed by atoms with Gasteiger partial charge in [0.1, 0.15) is 5.82 Å². The summed E-state index contributed by atoms with van der Waals surface area (Å²) in [6, 6.07) is 9.31. The molecule has 1 heterocycles. The number of halogens is 1. The molecule has 0 unspecified atom stereocenters. The van der Waals surface area contributed by atoms with Gasteiger partial charge in [-0.1, -0.05) is 22.9 Å². The number of anilines is 2. The number of hydrogen-bond donors (Lipinski definition) is 1. The van der Waals surface area contributed by atoms with Crippen LogP contribution in [0.25, 0.3) is 0 Å². The lowest BCUT2D eigenvalue weighted by atomic mass is 10.1. The van der Waals surface area contributed by atoms with Crippen molar-refractivity contribution in [3.8, 4) is 0 Å². The minimum absolute atomic E-state index is 0.373. The number of hydrogen-bond acceptors (Lipinski definition) is 4. The predicted octanol–water partition coefficient (Wildman–Crippen LogP) is 3.94. The van der Waals surface area contributed by atoms with E-state index in [1.165, 1.54) is 12.7 Å². The molecule has 4 nitrogen and oxygen atoms in total. The fourth-order valence-electron chi connectivity index (χ4n) is 1.86. The summed E-state index contributed by atoms with van der Waals surface area (Å²) in [6.07, 6.45) is 2.48. The number of esters is 1. The second kappa shape index (κ2) is 6.52. The smallest absolute Gasteiger partial charge is 0.338 e. The number of rotatable bonds is 4. The molecule has 1 N–H and O–H groups in total. The molecule has 0 aliphatic rings. The third kappa shape index (κ3) is 3.36. The molecule has 2 rings (SSSR count). The molecule has 5 heteroatoms. The number of carbonyl (C=O) groups is 1. The van der Waals surface area contributed by atoms with Gasteiger partial charge < -0.3 is 10.1 Å². The number of benzene rings is 1. The number of nitrogens with zero attached hydrogens (tertiary/aromatic N) is 1. The van der Waals surface area contributed by atoms with Gasteiger partial charge in [-0.3, -0.25) is 0 Å². The zero-order chi connectivity index (χ0) is 14.5. The summed E-state index contributed by atoms with van der Waals surface area (Å²) in [7, 11) is 1.36. The van der Waals surface area contributed by atoms with Crippen molar-refractivity contribution in [3.05, 3.63) is 52.1 Å². The van der Waals surface area contributed by atoms with Crippen LogP contribution in [0.5, 0.6) is 0 Å². The summed E-state index contributed by atoms with van der Waals surface area (Å²) in [5.41, 5.74) is 2.62. The molecule has 0 amide bonds. The second-order valence-electron chi connectivity index (χ2n) is 4.20. The highest BCUT2D eigenvalue weighted by Crippen LogP contribution is 2.24. The minimum Gasteiger partial charge on any atom is -0.465 e. The molecule has 0 atom stereocenters. The standard InChI is InChI=1S/C15H15BrN2O2/c1-3-10-8-12(16)4-5-13(10)18-14-9-11(6-7-17-14)15(19)20-2/h4-9H,3H2,1-2H3,(H,17,18). The van der Waals surface area contributed by atoms with E-state index >= 15 is 0 Å². The van der Waals surface area contributed by atoms with Crippen molar-refractivity contribution < 1.29 is 9.53 Å². The van der Waals surface area contributed by atoms with E-state index in [0.717, 1.165) is 16.6 Å². The molecule has 0 fully saturated rings. The van der Waals surface area contributed by atoms with Crippen LogP contribution in [-0.4, -0.2) is 18.1 Å². The van der Waals surface area contributed by atoms with Crippen LogP contribution in [0.15, 0.2) is 41.0 Å². The Kier molecular flexibility index (Phi) is 4.74. The SMILES string of the molecule is CCc1cc(Br)ccc1Nc1cc(C(=O)OC)ccn1. The van der Waals surface area contributed by atoms with Crippen molar-refractivity contribution in [2.75, 3.05) is 12.4 Å². The highest BCUT2D eigenvalue weighted by molar-refractivity contribution is 9.10. The zero-order valence-electron chi connectivity index (χ0n) is 11.3. The lowest BCUT2D eigenvalue weighted by Gasteiger charge is -2.11. The number of carbonyl (C=O) groups excluding carboxylic acids is 1. The molecule has 0 bridgehead atoms. The second-order valence-corrected chi connectivity index (χ2v) is 5.12. The normalized spacial score (nSPS) is 10.2. The lowest BCUT2D eigenvalue weighted by Crippen LogP contribution is -2.03. The van der Waals surface area contributed by atoms with Gasteiger partial charge in [0.15, 0.2) is 0 Å². The lowest BCUT2D eigenvalue weighted by molar-refractivity contribution is 0.0600. The molecule has 0 aliphatic heterocycles. The Morgan fingerprint density at radius 1 is 1.35 bits per heavy atom. The Bertz CT molecular complexity index is 629. The molecular weight excluding hydrogens is 320 g/mol. The van der Waals surface area contributed by atoms with Crippen molar-refractivity contribution >= 4 is 33.4 Å². The molecule has 0 radical (unpaired) electrons. The number of aromatic nitrogens is 1. The molecule has 2 aromatic rings. The molecule has 1 aromatic heterocycles. The predicted molar refractivity (Wildman–Crippen MR) is 82.4 cm³/mol. The van der Waals surface area contributed by atoms with Gasteiger partial charge >= 0.3 is 5.97 Å². The summed E-state index contributed by atoms with van der Waals surface area (Å²) in [6.45, 7) is 2.09. The minimum atomic E-state index is -0.373. The van der Waals surface area contributed by atoms with E-state index in [2.05, 4.69) is 39.2 Å². The van der Waals surface area contributed by atoms with E-state index in [9.17, 15) is 4.79 Å². The van der Waals surface area contributed by atoms with E-state index < -0.39 is 0 Å². The van der Waals surface area contributed by atoms with Crippen molar-refractivity contribution in [2.24, 2.45) is 0 Å². The van der Waals surface area contributed by atoms with Crippen molar-refractivity contribution in [2.45, 2.75) is 13.3 Å². The molecule has 0 aliphatic carbocycles. The van der Waals surface area contributed by atoms with Crippen molar-refractivity contribution in [1.29, 1.82) is 0 Å². The largest absolute Gasteiger partial charge is 0.465 e. The van der Waals surface area contributed by atoms with Gasteiger partial charge in [-0.2, -0.15) is 0 Å². The van der Waals surface area contributed by atoms with Crippen LogP contribution in [0.4, 0.5) is 11.5 Å². The van der Waals surface area contributed by atoms with Gasteiger partial charge in [0, 0.05) is 16.4 Å². The number of nitrogens with one attached hydrogen (secondary N) is 1. The van der Waals surface area contributed by atoms with Crippen LogP contribution in [0, 0.1) is 0 Å². The van der Waals surface area contributed by atoms with Crippen molar-refractivity contribution in [1.82, 2.24) is 4.98 Å². The summed E-state index contributed by atoms with van der Waals surface area (Å²) in [5.74, 6) is 0.242. The van der Waals surface area contributed by atoms with E-state index in [1.807, 2.05) is 12.1 Å². The maximum atomic E-state index is 11.5. The Hall–Kier alpha value is -1.88. The third-order valence-electron chi connectivity index (χ3n) is 2.89. The Labute approximate surface area is 126 Å². The molecule has 0 spiro atoms. The Morgan fingerprint density at radius 3 is 2.85 bits per heavy atom. The Morgan fingerprint density at radius 2 is 2.15 bits per heavy atom. The molecule has 0 saturated carbocycles. The van der Waals surface area contributed by atoms with Crippen molar-refractivity contribution in [3.63, 3.8) is 0 Å².